The number of amides is 1. The maximum absolute atomic E-state index is 12.8. The first-order chi connectivity index (χ1) is 8.80. The molecule has 3 aliphatic rings. The molecule has 1 N–H and O–H groups in total. The fourth-order valence-electron chi connectivity index (χ4n) is 5.06. The first-order valence-electron chi connectivity index (χ1n) is 7.84. The standard InChI is InChI=1S/C16H28N2O/c1-11-5-6-17-13(11)14(19)18-10-16(4)8-12(18)7-15(2,3)9-16/h11-13,17H,5-10H2,1-4H3. The van der Waals surface area contributed by atoms with Gasteiger partial charge in [0, 0.05) is 12.6 Å². The molecule has 1 aliphatic carbocycles. The summed E-state index contributed by atoms with van der Waals surface area (Å²) < 4.78 is 0. The van der Waals surface area contributed by atoms with Crippen LogP contribution in [0.3, 0.4) is 0 Å². The molecule has 2 aliphatic heterocycles. The zero-order valence-corrected chi connectivity index (χ0v) is 12.8. The monoisotopic (exact) mass is 264 g/mol. The van der Waals surface area contributed by atoms with Gasteiger partial charge in [0.1, 0.15) is 0 Å². The van der Waals surface area contributed by atoms with Gasteiger partial charge in [0.15, 0.2) is 0 Å². The van der Waals surface area contributed by atoms with E-state index in [9.17, 15) is 4.79 Å². The second kappa shape index (κ2) is 4.21. The lowest BCUT2D eigenvalue weighted by Gasteiger charge is -2.39. The Morgan fingerprint density at radius 1 is 1.26 bits per heavy atom. The summed E-state index contributed by atoms with van der Waals surface area (Å²) in [6, 6.07) is 0.557. The molecule has 3 nitrogen and oxygen atoms in total. The number of rotatable bonds is 1. The van der Waals surface area contributed by atoms with Crippen molar-refractivity contribution >= 4 is 5.91 Å². The highest BCUT2D eigenvalue weighted by atomic mass is 16.2. The SMILES string of the molecule is CC1CCNC1C(=O)N1CC2(C)CC1CC(C)(C)C2. The molecule has 0 aromatic heterocycles. The number of hydrogen-bond donors (Lipinski definition) is 1. The smallest absolute Gasteiger partial charge is 0.240 e. The van der Waals surface area contributed by atoms with Crippen LogP contribution >= 0.6 is 0 Å². The first-order valence-corrected chi connectivity index (χ1v) is 7.84. The Morgan fingerprint density at radius 3 is 2.63 bits per heavy atom. The predicted molar refractivity (Wildman–Crippen MR) is 76.8 cm³/mol. The molecule has 4 atom stereocenters. The highest BCUT2D eigenvalue weighted by molar-refractivity contribution is 5.83. The van der Waals surface area contributed by atoms with Crippen LogP contribution in [0.4, 0.5) is 0 Å². The van der Waals surface area contributed by atoms with E-state index in [1.807, 2.05) is 0 Å². The van der Waals surface area contributed by atoms with Gasteiger partial charge in [-0.2, -0.15) is 0 Å². The van der Waals surface area contributed by atoms with Gasteiger partial charge in [-0.3, -0.25) is 4.79 Å². The Hall–Kier alpha value is -0.570. The summed E-state index contributed by atoms with van der Waals surface area (Å²) in [6.07, 6.45) is 4.78. The summed E-state index contributed by atoms with van der Waals surface area (Å²) in [5.41, 5.74) is 0.741. The number of carbonyl (C=O) groups is 1. The number of fused-ring (bicyclic) bond motifs is 2. The van der Waals surface area contributed by atoms with Gasteiger partial charge in [-0.25, -0.2) is 0 Å². The molecular weight excluding hydrogens is 236 g/mol. The number of nitrogens with zero attached hydrogens (tertiary/aromatic N) is 1. The van der Waals surface area contributed by atoms with Gasteiger partial charge in [0.25, 0.3) is 0 Å². The van der Waals surface area contributed by atoms with Crippen molar-refractivity contribution in [3.05, 3.63) is 0 Å². The number of carbonyl (C=O) groups excluding carboxylic acids is 1. The van der Waals surface area contributed by atoms with Crippen molar-refractivity contribution < 1.29 is 4.79 Å². The molecule has 3 heteroatoms. The molecule has 0 radical (unpaired) electrons. The van der Waals surface area contributed by atoms with E-state index >= 15 is 0 Å². The second-order valence-electron chi connectivity index (χ2n) is 8.38. The molecule has 0 aromatic rings. The van der Waals surface area contributed by atoms with Gasteiger partial charge >= 0.3 is 0 Å². The summed E-state index contributed by atoms with van der Waals surface area (Å²) in [5, 5.41) is 3.40. The van der Waals surface area contributed by atoms with Crippen LogP contribution < -0.4 is 5.32 Å². The lowest BCUT2D eigenvalue weighted by Crippen LogP contribution is -2.48. The fourth-order valence-corrected chi connectivity index (χ4v) is 5.06. The van der Waals surface area contributed by atoms with Gasteiger partial charge in [-0.1, -0.05) is 27.7 Å². The predicted octanol–water partition coefficient (Wildman–Crippen LogP) is 2.41. The molecule has 108 valence electrons. The lowest BCUT2D eigenvalue weighted by atomic mass is 9.65. The third kappa shape index (κ3) is 2.31. The molecule has 2 saturated heterocycles. The van der Waals surface area contributed by atoms with Crippen LogP contribution in [0.2, 0.25) is 0 Å². The number of nitrogens with one attached hydrogen (secondary N) is 1. The van der Waals surface area contributed by atoms with Crippen molar-refractivity contribution in [2.75, 3.05) is 13.1 Å². The second-order valence-corrected chi connectivity index (χ2v) is 8.38. The van der Waals surface area contributed by atoms with E-state index in [1.54, 1.807) is 0 Å². The van der Waals surface area contributed by atoms with Crippen LogP contribution in [0.1, 0.15) is 53.4 Å². The van der Waals surface area contributed by atoms with E-state index in [-0.39, 0.29) is 6.04 Å². The molecule has 2 bridgehead atoms. The van der Waals surface area contributed by atoms with Crippen molar-refractivity contribution in [1.29, 1.82) is 0 Å². The van der Waals surface area contributed by atoms with Gasteiger partial charge in [-0.05, 0) is 49.0 Å². The topological polar surface area (TPSA) is 32.3 Å². The normalized spacial score (nSPS) is 44.6. The van der Waals surface area contributed by atoms with E-state index in [4.69, 9.17) is 0 Å². The van der Waals surface area contributed by atoms with E-state index in [0.29, 0.717) is 28.7 Å². The zero-order valence-electron chi connectivity index (χ0n) is 12.8. The largest absolute Gasteiger partial charge is 0.338 e. The fraction of sp³-hybridized carbons (Fsp3) is 0.938. The molecule has 0 aromatic carbocycles. The molecule has 4 unspecified atom stereocenters. The molecule has 1 saturated carbocycles. The number of likely N-dealkylation sites (tertiary alicyclic amines) is 1. The molecule has 2 heterocycles. The number of hydrogen-bond acceptors (Lipinski definition) is 2. The van der Waals surface area contributed by atoms with Gasteiger partial charge in [0.2, 0.25) is 5.91 Å². The molecule has 19 heavy (non-hydrogen) atoms. The molecular formula is C16H28N2O. The van der Waals surface area contributed by atoms with Crippen LogP contribution in [0.15, 0.2) is 0 Å². The molecule has 3 fully saturated rings. The summed E-state index contributed by atoms with van der Waals surface area (Å²) in [6.45, 7) is 11.3. The summed E-state index contributed by atoms with van der Waals surface area (Å²) in [5.74, 6) is 0.866. The summed E-state index contributed by atoms with van der Waals surface area (Å²) in [7, 11) is 0. The van der Waals surface area contributed by atoms with Gasteiger partial charge < -0.3 is 10.2 Å². The van der Waals surface area contributed by atoms with E-state index in [0.717, 1.165) is 19.5 Å². The van der Waals surface area contributed by atoms with Crippen molar-refractivity contribution in [1.82, 2.24) is 10.2 Å². The summed E-state index contributed by atoms with van der Waals surface area (Å²) >= 11 is 0. The molecule has 3 rings (SSSR count). The first kappa shape index (κ1) is 13.4. The quantitative estimate of drug-likeness (QED) is 0.789. The Labute approximate surface area is 117 Å². The Bertz CT molecular complexity index is 392. The van der Waals surface area contributed by atoms with E-state index in [1.165, 1.54) is 19.3 Å². The molecule has 0 spiro atoms. The van der Waals surface area contributed by atoms with Crippen molar-refractivity contribution in [3.63, 3.8) is 0 Å². The average Bonchev–Trinajstić information content (AvgIpc) is 2.78. The zero-order chi connectivity index (χ0) is 13.8. The van der Waals surface area contributed by atoms with Crippen LogP contribution in [0, 0.1) is 16.7 Å². The van der Waals surface area contributed by atoms with Gasteiger partial charge in [0.05, 0.1) is 6.04 Å². The van der Waals surface area contributed by atoms with Crippen molar-refractivity contribution in [2.24, 2.45) is 16.7 Å². The third-order valence-corrected chi connectivity index (χ3v) is 5.50. The highest BCUT2D eigenvalue weighted by Crippen LogP contribution is 2.52. The van der Waals surface area contributed by atoms with Crippen molar-refractivity contribution in [3.8, 4) is 0 Å². The Balaban J connectivity index is 1.78. The van der Waals surface area contributed by atoms with E-state index < -0.39 is 0 Å². The summed E-state index contributed by atoms with van der Waals surface area (Å²) in [4.78, 5) is 15.0. The average molecular weight is 264 g/mol. The third-order valence-electron chi connectivity index (χ3n) is 5.50. The van der Waals surface area contributed by atoms with Crippen LogP contribution in [-0.4, -0.2) is 36.0 Å². The minimum absolute atomic E-state index is 0.0751. The highest BCUT2D eigenvalue weighted by Gasteiger charge is 2.52. The van der Waals surface area contributed by atoms with E-state index in [2.05, 4.69) is 37.9 Å². The van der Waals surface area contributed by atoms with Crippen LogP contribution in [-0.2, 0) is 4.79 Å². The van der Waals surface area contributed by atoms with Gasteiger partial charge in [-0.15, -0.1) is 0 Å². The van der Waals surface area contributed by atoms with Crippen LogP contribution in [0.25, 0.3) is 0 Å². The lowest BCUT2D eigenvalue weighted by molar-refractivity contribution is -0.135. The minimum Gasteiger partial charge on any atom is -0.338 e. The van der Waals surface area contributed by atoms with Crippen LogP contribution in [0.5, 0.6) is 0 Å². The Kier molecular flexibility index (Phi) is 2.97. The molecule has 1 amide bonds. The van der Waals surface area contributed by atoms with Crippen molar-refractivity contribution in [2.45, 2.75) is 65.5 Å². The minimum atomic E-state index is 0.0751. The maximum Gasteiger partial charge on any atom is 0.240 e. The maximum atomic E-state index is 12.8. The Morgan fingerprint density at radius 2 is 2.00 bits per heavy atom.